The van der Waals surface area contributed by atoms with E-state index in [0.29, 0.717) is 6.16 Å². The monoisotopic (exact) mass is 320 g/mol. The fourth-order valence-electron chi connectivity index (χ4n) is 1.22. The zero-order valence-electron chi connectivity index (χ0n) is 10.6. The molecule has 1 atom stereocenters. The smallest absolute Gasteiger partial charge is 0.258 e. The minimum absolute atomic E-state index is 0.0492. The number of hydrogen-bond acceptors (Lipinski definition) is 5. The molecule has 8 heteroatoms. The molecule has 0 fully saturated rings. The Bertz CT molecular complexity index is 404. The molecule has 5 nitrogen and oxygen atoms in total. The van der Waals surface area contributed by atoms with Gasteiger partial charge in [-0.15, -0.1) is 23.5 Å². The molecule has 0 aromatic carbocycles. The lowest BCUT2D eigenvalue weighted by molar-refractivity contribution is -0.117. The number of amides is 1. The number of hydrogen-bond donors (Lipinski definition) is 2. The molecule has 1 aliphatic rings. The average Bonchev–Trinajstić information content (AvgIpc) is 2.41. The summed E-state index contributed by atoms with van der Waals surface area (Å²) < 4.78 is 12.3. The predicted molar refractivity (Wildman–Crippen MR) is 82.2 cm³/mol. The van der Waals surface area contributed by atoms with Crippen LogP contribution in [0.2, 0.25) is 0 Å². The summed E-state index contributed by atoms with van der Waals surface area (Å²) >= 11 is 2.94. The molecule has 0 aromatic heterocycles. The van der Waals surface area contributed by atoms with Gasteiger partial charge in [-0.3, -0.25) is 15.0 Å². The lowest BCUT2D eigenvalue weighted by Gasteiger charge is -2.17. The van der Waals surface area contributed by atoms with Crippen molar-refractivity contribution in [3.63, 3.8) is 0 Å². The second-order valence-corrected chi connectivity index (χ2v) is 9.04. The molecule has 19 heavy (non-hydrogen) atoms. The van der Waals surface area contributed by atoms with Crippen LogP contribution < -0.4 is 10.6 Å². The van der Waals surface area contributed by atoms with Crippen molar-refractivity contribution in [2.24, 2.45) is 0 Å². The van der Waals surface area contributed by atoms with Crippen molar-refractivity contribution in [2.45, 2.75) is 13.3 Å². The van der Waals surface area contributed by atoms with Crippen LogP contribution in [-0.4, -0.2) is 29.1 Å². The molecule has 2 N–H and O–H groups in total. The highest BCUT2D eigenvalue weighted by Gasteiger charge is 2.20. The maximum Gasteiger partial charge on any atom is 0.258 e. The van der Waals surface area contributed by atoms with Gasteiger partial charge in [-0.2, -0.15) is 5.20 Å². The van der Waals surface area contributed by atoms with Gasteiger partial charge in [0.05, 0.1) is 0 Å². The van der Waals surface area contributed by atoms with E-state index in [1.54, 1.807) is 17.7 Å². The molecule has 0 bridgehead atoms. The quantitative estimate of drug-likeness (QED) is 0.722. The van der Waals surface area contributed by atoms with E-state index in [1.165, 1.54) is 35.7 Å². The van der Waals surface area contributed by atoms with E-state index in [1.807, 2.05) is 0 Å². The first kappa shape index (κ1) is 16.6. The van der Waals surface area contributed by atoms with E-state index in [0.717, 1.165) is 5.08 Å². The van der Waals surface area contributed by atoms with Gasteiger partial charge in [-0.25, -0.2) is 0 Å². The van der Waals surface area contributed by atoms with Gasteiger partial charge in [0.1, 0.15) is 0 Å². The highest BCUT2D eigenvalue weighted by Crippen LogP contribution is 2.40. The Morgan fingerprint density at radius 3 is 2.63 bits per heavy atom. The molecular formula is C11H17N2O3PS2. The van der Waals surface area contributed by atoms with E-state index >= 15 is 0 Å². The standard InChI is InChI=1S/C11H17N2O3PS2/c1-2-17(16)6-3-10(14)4-7-18-9-19-8-5-11(15)12-13-17/h4-5,7-8H,2-3,6,9H2,1H3,(H,12,15)(H,13,16)/b7-4+,8-5+. The van der Waals surface area contributed by atoms with Crippen molar-refractivity contribution in [3.05, 3.63) is 23.0 Å². The minimum Gasteiger partial charge on any atom is -0.305 e. The second kappa shape index (κ2) is 8.64. The van der Waals surface area contributed by atoms with Crippen LogP contribution >= 0.6 is 30.8 Å². The zero-order chi connectivity index (χ0) is 14.1. The third kappa shape index (κ3) is 7.01. The maximum absolute atomic E-state index is 12.3. The van der Waals surface area contributed by atoms with Crippen LogP contribution in [0.15, 0.2) is 23.0 Å². The Labute approximate surface area is 121 Å². The van der Waals surface area contributed by atoms with Crippen LogP contribution in [0.3, 0.4) is 0 Å². The van der Waals surface area contributed by atoms with Crippen molar-refractivity contribution in [3.8, 4) is 0 Å². The third-order valence-corrected chi connectivity index (χ3v) is 6.65. The summed E-state index contributed by atoms with van der Waals surface area (Å²) in [6.45, 7) is 1.77. The fourth-order valence-corrected chi connectivity index (χ4v) is 4.11. The molecule has 0 radical (unpaired) electrons. The van der Waals surface area contributed by atoms with Gasteiger partial charge in [-0.1, -0.05) is 6.92 Å². The minimum atomic E-state index is -2.73. The molecule has 0 saturated carbocycles. The first-order chi connectivity index (χ1) is 9.06. The first-order valence-corrected chi connectivity index (χ1v) is 9.98. The van der Waals surface area contributed by atoms with Crippen molar-refractivity contribution < 1.29 is 14.2 Å². The summed E-state index contributed by atoms with van der Waals surface area (Å²) in [5.41, 5.74) is 2.40. The van der Waals surface area contributed by atoms with Crippen LogP contribution in [0.1, 0.15) is 13.3 Å². The lowest BCUT2D eigenvalue weighted by Crippen LogP contribution is -2.35. The number of rotatable bonds is 1. The van der Waals surface area contributed by atoms with Crippen molar-refractivity contribution >= 4 is 42.5 Å². The molecule has 0 aliphatic carbocycles. The topological polar surface area (TPSA) is 75.3 Å². The van der Waals surface area contributed by atoms with Crippen molar-refractivity contribution in [1.82, 2.24) is 10.6 Å². The SMILES string of the molecule is CCP1(=O)CCC(=O)/C=C/SCS/C=C/C(=O)NN1. The van der Waals surface area contributed by atoms with Gasteiger partial charge < -0.3 is 4.57 Å². The Hall–Kier alpha value is -0.490. The number of carbonyl (C=O) groups excluding carboxylic acids is 2. The van der Waals surface area contributed by atoms with Crippen LogP contribution in [0, 0.1) is 0 Å². The van der Waals surface area contributed by atoms with E-state index in [4.69, 9.17) is 0 Å². The number of nitrogens with one attached hydrogen (secondary N) is 2. The van der Waals surface area contributed by atoms with Gasteiger partial charge >= 0.3 is 0 Å². The normalized spacial score (nSPS) is 30.2. The van der Waals surface area contributed by atoms with E-state index in [-0.39, 0.29) is 24.3 Å². The fraction of sp³-hybridized carbons (Fsp3) is 0.455. The molecule has 0 aromatic rings. The predicted octanol–water partition coefficient (Wildman–Crippen LogP) is 2.33. The molecular weight excluding hydrogens is 303 g/mol. The molecule has 1 amide bonds. The highest BCUT2D eigenvalue weighted by atomic mass is 32.2. The molecule has 0 spiro atoms. The van der Waals surface area contributed by atoms with Crippen molar-refractivity contribution in [1.29, 1.82) is 0 Å². The van der Waals surface area contributed by atoms with Gasteiger partial charge in [0.2, 0.25) is 0 Å². The van der Waals surface area contributed by atoms with E-state index in [9.17, 15) is 14.2 Å². The summed E-state index contributed by atoms with van der Waals surface area (Å²) in [5.74, 6) is -0.392. The molecule has 1 unspecified atom stereocenters. The number of ketones is 1. The molecule has 1 rings (SSSR count). The Kier molecular flexibility index (Phi) is 7.53. The van der Waals surface area contributed by atoms with Gasteiger partial charge in [-0.05, 0) is 16.9 Å². The second-order valence-electron chi connectivity index (χ2n) is 3.80. The van der Waals surface area contributed by atoms with Crippen LogP contribution in [-0.2, 0) is 14.2 Å². The van der Waals surface area contributed by atoms with Crippen LogP contribution in [0.25, 0.3) is 0 Å². The van der Waals surface area contributed by atoms with Gasteiger partial charge in [0.25, 0.3) is 5.91 Å². The lowest BCUT2D eigenvalue weighted by atomic mass is 10.3. The highest BCUT2D eigenvalue weighted by molar-refractivity contribution is 8.18. The summed E-state index contributed by atoms with van der Waals surface area (Å²) in [6, 6.07) is 0. The number of thioether (sulfide) groups is 2. The average molecular weight is 320 g/mol. The Morgan fingerprint density at radius 1 is 1.26 bits per heavy atom. The summed E-state index contributed by atoms with van der Waals surface area (Å²) in [7, 11) is -2.73. The van der Waals surface area contributed by atoms with Gasteiger partial charge in [0.15, 0.2) is 13.1 Å². The first-order valence-electron chi connectivity index (χ1n) is 5.80. The summed E-state index contributed by atoms with van der Waals surface area (Å²) in [4.78, 5) is 23.0. The Balaban J connectivity index is 2.71. The summed E-state index contributed by atoms with van der Waals surface area (Å²) in [6.07, 6.45) is 3.75. The van der Waals surface area contributed by atoms with E-state index in [2.05, 4.69) is 10.6 Å². The number of carbonyl (C=O) groups is 2. The zero-order valence-corrected chi connectivity index (χ0v) is 13.2. The molecule has 1 heterocycles. The molecule has 106 valence electrons. The van der Waals surface area contributed by atoms with E-state index < -0.39 is 7.29 Å². The molecule has 1 aliphatic heterocycles. The van der Waals surface area contributed by atoms with Crippen LogP contribution in [0.4, 0.5) is 0 Å². The summed E-state index contributed by atoms with van der Waals surface area (Å²) in [5, 5.41) is 6.72. The van der Waals surface area contributed by atoms with Crippen LogP contribution in [0.5, 0.6) is 0 Å². The number of hydrazine groups is 1. The number of allylic oxidation sites excluding steroid dienone is 1. The Morgan fingerprint density at radius 2 is 1.95 bits per heavy atom. The molecule has 0 saturated heterocycles. The largest absolute Gasteiger partial charge is 0.305 e. The van der Waals surface area contributed by atoms with Gasteiger partial charge in [0, 0.05) is 29.9 Å². The third-order valence-electron chi connectivity index (χ3n) is 2.41. The maximum atomic E-state index is 12.3. The van der Waals surface area contributed by atoms with Crippen molar-refractivity contribution in [2.75, 3.05) is 17.4 Å².